The Balaban J connectivity index is 2.88. The zero-order valence-corrected chi connectivity index (χ0v) is 4.11. The van der Waals surface area contributed by atoms with Gasteiger partial charge in [-0.25, -0.2) is 9.59 Å². The van der Waals surface area contributed by atoms with Gasteiger partial charge in [-0.15, -0.1) is 5.11 Å². The lowest BCUT2D eigenvalue weighted by Gasteiger charge is -1.77. The quantitative estimate of drug-likeness (QED) is 0.539. The molecule has 1 aliphatic heterocycles. The van der Waals surface area contributed by atoms with Gasteiger partial charge in [-0.2, -0.15) is 4.99 Å². The number of amides is 2. The van der Waals surface area contributed by atoms with Crippen LogP contribution < -0.4 is 0 Å². The number of azo groups is 1. The molecular weight excluding hydrogens is 126 g/mol. The van der Waals surface area contributed by atoms with Crippen LogP contribution in [-0.2, 0) is 4.79 Å². The summed E-state index contributed by atoms with van der Waals surface area (Å²) in [5.74, 6) is -1.90. The van der Waals surface area contributed by atoms with E-state index in [9.17, 15) is 9.59 Å². The number of carbonyl (C=O) groups excluding carboxylic acids is 1. The van der Waals surface area contributed by atoms with E-state index in [0.717, 1.165) is 0 Å². The Bertz CT molecular complexity index is 228. The normalized spacial score (nSPS) is 16.0. The maximum absolute atomic E-state index is 10.0. The van der Waals surface area contributed by atoms with E-state index in [1.165, 1.54) is 0 Å². The van der Waals surface area contributed by atoms with Crippen LogP contribution in [0.3, 0.4) is 0 Å². The van der Waals surface area contributed by atoms with Crippen molar-refractivity contribution in [2.45, 2.75) is 0 Å². The Morgan fingerprint density at radius 2 is 2.11 bits per heavy atom. The fraction of sp³-hybridized carbons (Fsp3) is 0. The summed E-state index contributed by atoms with van der Waals surface area (Å²) in [6.07, 6.45) is 0. The number of aliphatic imine (C=N–C) groups is 1. The second-order valence-electron chi connectivity index (χ2n) is 1.22. The van der Waals surface area contributed by atoms with Crippen LogP contribution in [0.2, 0.25) is 0 Å². The summed E-state index contributed by atoms with van der Waals surface area (Å²) >= 11 is 0. The molecule has 1 aliphatic rings. The minimum atomic E-state index is -1.34. The predicted molar refractivity (Wildman–Crippen MR) is 25.3 cm³/mol. The Labute approximate surface area is 48.9 Å². The molecule has 0 atom stereocenters. The highest BCUT2D eigenvalue weighted by molar-refractivity contribution is 6.37. The molecule has 2 amide bonds. The minimum Gasteiger partial charge on any atom is -0.475 e. The van der Waals surface area contributed by atoms with Crippen LogP contribution in [-0.4, -0.2) is 22.9 Å². The molecule has 0 radical (unpaired) electrons. The summed E-state index contributed by atoms with van der Waals surface area (Å²) in [5, 5.41) is 13.9. The molecule has 0 saturated heterocycles. The molecule has 6 heteroatoms. The van der Waals surface area contributed by atoms with Crippen molar-refractivity contribution in [3.63, 3.8) is 0 Å². The van der Waals surface area contributed by atoms with E-state index in [2.05, 4.69) is 15.2 Å². The van der Waals surface area contributed by atoms with Crippen LogP contribution in [0.4, 0.5) is 4.79 Å². The van der Waals surface area contributed by atoms with Crippen molar-refractivity contribution >= 4 is 17.8 Å². The van der Waals surface area contributed by atoms with E-state index in [1.54, 1.807) is 0 Å². The predicted octanol–water partition coefficient (Wildman–Crippen LogP) is 0.0553. The molecule has 6 nitrogen and oxygen atoms in total. The lowest BCUT2D eigenvalue weighted by molar-refractivity contribution is -0.129. The molecule has 1 N–H and O–H groups in total. The standard InChI is InChI=1S/C3HN3O3/c7-2(8)1-4-3(9)6-5-1/h(H,7,8). The van der Waals surface area contributed by atoms with Gasteiger partial charge in [0.25, 0.3) is 5.84 Å². The number of carbonyl (C=O) groups is 2. The number of nitrogens with zero attached hydrogens (tertiary/aromatic N) is 3. The average molecular weight is 127 g/mol. The third kappa shape index (κ3) is 0.958. The van der Waals surface area contributed by atoms with Crippen molar-refractivity contribution in [1.29, 1.82) is 0 Å². The van der Waals surface area contributed by atoms with Crippen LogP contribution in [0, 0.1) is 0 Å². The molecule has 1 heterocycles. The molecule has 0 aromatic rings. The minimum absolute atomic E-state index is 0.556. The number of carboxylic acids is 1. The largest absolute Gasteiger partial charge is 0.475 e. The maximum atomic E-state index is 10.0. The molecule has 0 aliphatic carbocycles. The second-order valence-corrected chi connectivity index (χ2v) is 1.22. The number of hydrogen-bond donors (Lipinski definition) is 1. The zero-order chi connectivity index (χ0) is 6.85. The molecule has 0 spiro atoms. The molecule has 0 fully saturated rings. The van der Waals surface area contributed by atoms with Crippen LogP contribution in [0.1, 0.15) is 0 Å². The lowest BCUT2D eigenvalue weighted by Crippen LogP contribution is -2.07. The lowest BCUT2D eigenvalue weighted by atomic mass is 10.6. The highest BCUT2D eigenvalue weighted by atomic mass is 16.4. The molecule has 0 bridgehead atoms. The third-order valence-corrected chi connectivity index (χ3v) is 0.623. The van der Waals surface area contributed by atoms with Gasteiger partial charge in [-0.3, -0.25) is 0 Å². The van der Waals surface area contributed by atoms with Crippen molar-refractivity contribution in [3.8, 4) is 0 Å². The van der Waals surface area contributed by atoms with Crippen molar-refractivity contribution in [3.05, 3.63) is 0 Å². The van der Waals surface area contributed by atoms with E-state index < -0.39 is 17.8 Å². The molecular formula is C3HN3O3. The summed E-state index contributed by atoms with van der Waals surface area (Å²) in [4.78, 5) is 22.9. The smallest absolute Gasteiger partial charge is 0.388 e. The molecule has 0 unspecified atom stereocenters. The van der Waals surface area contributed by atoms with Crippen LogP contribution >= 0.6 is 0 Å². The SMILES string of the molecule is O=C1N=NC(C(=O)O)=N1. The van der Waals surface area contributed by atoms with Gasteiger partial charge < -0.3 is 5.11 Å². The first-order valence-corrected chi connectivity index (χ1v) is 1.98. The monoisotopic (exact) mass is 127 g/mol. The van der Waals surface area contributed by atoms with Gasteiger partial charge in [0.15, 0.2) is 0 Å². The van der Waals surface area contributed by atoms with Crippen LogP contribution in [0.5, 0.6) is 0 Å². The molecule has 0 saturated carbocycles. The number of amidine groups is 1. The average Bonchev–Trinajstić information content (AvgIpc) is 2.14. The zero-order valence-electron chi connectivity index (χ0n) is 4.11. The number of aliphatic carboxylic acids is 1. The molecule has 46 valence electrons. The number of rotatable bonds is 1. The van der Waals surface area contributed by atoms with E-state index in [0.29, 0.717) is 0 Å². The first-order chi connectivity index (χ1) is 4.20. The number of carboxylic acid groups (broad SMARTS) is 1. The summed E-state index contributed by atoms with van der Waals surface area (Å²) in [6.45, 7) is 0. The van der Waals surface area contributed by atoms with Crippen LogP contribution in [0.25, 0.3) is 0 Å². The molecule has 0 aromatic heterocycles. The van der Waals surface area contributed by atoms with Crippen molar-refractivity contribution in [1.82, 2.24) is 0 Å². The Hall–Kier alpha value is -1.59. The first kappa shape index (κ1) is 5.54. The molecule has 9 heavy (non-hydrogen) atoms. The van der Waals surface area contributed by atoms with Gasteiger partial charge in [0.2, 0.25) is 0 Å². The number of hydrogen-bond acceptors (Lipinski definition) is 3. The van der Waals surface area contributed by atoms with Crippen molar-refractivity contribution < 1.29 is 14.7 Å². The number of urea groups is 1. The Morgan fingerprint density at radius 3 is 2.33 bits per heavy atom. The van der Waals surface area contributed by atoms with Crippen molar-refractivity contribution in [2.75, 3.05) is 0 Å². The fourth-order valence-corrected chi connectivity index (χ4v) is 0.316. The summed E-state index contributed by atoms with van der Waals surface area (Å²) < 4.78 is 0. The van der Waals surface area contributed by atoms with Gasteiger partial charge in [-0.1, -0.05) is 5.11 Å². The first-order valence-electron chi connectivity index (χ1n) is 1.98. The topological polar surface area (TPSA) is 91.5 Å². The van der Waals surface area contributed by atoms with Gasteiger partial charge in [-0.05, 0) is 0 Å². The van der Waals surface area contributed by atoms with Gasteiger partial charge in [0.05, 0.1) is 0 Å². The van der Waals surface area contributed by atoms with Gasteiger partial charge in [0, 0.05) is 0 Å². The fourth-order valence-electron chi connectivity index (χ4n) is 0.316. The van der Waals surface area contributed by atoms with E-state index in [-0.39, 0.29) is 0 Å². The van der Waals surface area contributed by atoms with Crippen LogP contribution in [0.15, 0.2) is 15.2 Å². The highest BCUT2D eigenvalue weighted by Gasteiger charge is 2.16. The second kappa shape index (κ2) is 1.73. The summed E-state index contributed by atoms with van der Waals surface area (Å²) in [5.41, 5.74) is 0. The third-order valence-electron chi connectivity index (χ3n) is 0.623. The van der Waals surface area contributed by atoms with Crippen molar-refractivity contribution in [2.24, 2.45) is 15.2 Å². The van der Waals surface area contributed by atoms with E-state index >= 15 is 0 Å². The van der Waals surface area contributed by atoms with Gasteiger partial charge >= 0.3 is 12.0 Å². The Morgan fingerprint density at radius 1 is 1.44 bits per heavy atom. The highest BCUT2D eigenvalue weighted by Crippen LogP contribution is 1.97. The van der Waals surface area contributed by atoms with E-state index in [1.807, 2.05) is 0 Å². The van der Waals surface area contributed by atoms with Gasteiger partial charge in [0.1, 0.15) is 0 Å². The maximum Gasteiger partial charge on any atom is 0.388 e. The summed E-state index contributed by atoms with van der Waals surface area (Å²) in [7, 11) is 0. The summed E-state index contributed by atoms with van der Waals surface area (Å²) in [6, 6.07) is -0.868. The Kier molecular flexibility index (Phi) is 1.07. The van der Waals surface area contributed by atoms with E-state index in [4.69, 9.17) is 5.11 Å². The molecule has 0 aromatic carbocycles. The molecule has 1 rings (SSSR count).